The van der Waals surface area contributed by atoms with Gasteiger partial charge >= 0.3 is 12.3 Å². The van der Waals surface area contributed by atoms with E-state index in [2.05, 4.69) is 5.32 Å². The van der Waals surface area contributed by atoms with Crippen LogP contribution in [0, 0.1) is 10.1 Å². The fraction of sp³-hybridized carbons (Fsp3) is 0.519. The highest BCUT2D eigenvalue weighted by molar-refractivity contribution is 7.89. The number of alkyl halides is 3. The minimum absolute atomic E-state index is 0.0112. The summed E-state index contributed by atoms with van der Waals surface area (Å²) < 4.78 is 113. The first kappa shape index (κ1) is 59.8. The quantitative estimate of drug-likeness (QED) is 0.0307. The van der Waals surface area contributed by atoms with Crippen LogP contribution < -0.4 is 19.7 Å². The number of sulfonamides is 1. The largest absolute Gasteiger partial charge is 0.494 e. The Bertz CT molecular complexity index is 2600. The molecule has 1 N–H and O–H groups in total. The fourth-order valence-electron chi connectivity index (χ4n) is 8.12. The summed E-state index contributed by atoms with van der Waals surface area (Å²) in [6, 6.07) is 18.7. The van der Waals surface area contributed by atoms with Crippen LogP contribution in [0.15, 0.2) is 83.8 Å². The van der Waals surface area contributed by atoms with Crippen LogP contribution in [0.3, 0.4) is 0 Å². The van der Waals surface area contributed by atoms with Gasteiger partial charge in [-0.1, -0.05) is 31.2 Å². The monoisotopic (exact) mass is 1070 g/mol. The van der Waals surface area contributed by atoms with E-state index >= 15 is 0 Å². The van der Waals surface area contributed by atoms with Crippen LogP contribution in [0.2, 0.25) is 0 Å². The number of piperazine rings is 1. The predicted octanol–water partition coefficient (Wildman–Crippen LogP) is 8.39. The van der Waals surface area contributed by atoms with E-state index in [1.54, 1.807) is 45.9 Å². The maximum absolute atomic E-state index is 14.7. The number of hydrogen-bond acceptors (Lipinski definition) is 15. The van der Waals surface area contributed by atoms with E-state index in [4.69, 9.17) is 38.1 Å². The van der Waals surface area contributed by atoms with Crippen molar-refractivity contribution in [1.29, 1.82) is 0 Å². The number of pyridine rings is 1. The van der Waals surface area contributed by atoms with Crippen molar-refractivity contribution in [3.05, 3.63) is 106 Å². The Morgan fingerprint density at radius 1 is 0.827 bits per heavy atom. The normalized spacial score (nSPS) is 14.2. The highest BCUT2D eigenvalue weighted by Gasteiger charge is 2.39. The highest BCUT2D eigenvalue weighted by atomic mass is 32.2. The first-order chi connectivity index (χ1) is 35.8. The zero-order chi connectivity index (χ0) is 54.6. The lowest BCUT2D eigenvalue weighted by molar-refractivity contribution is -0.387. The lowest BCUT2D eigenvalue weighted by atomic mass is 10.0. The molecule has 1 aromatic heterocycles. The Hall–Kier alpha value is -6.11. The number of carbonyl (C=O) groups excluding carboxylic acids is 2. The van der Waals surface area contributed by atoms with E-state index in [9.17, 15) is 41.3 Å². The van der Waals surface area contributed by atoms with Gasteiger partial charge in [0, 0.05) is 57.0 Å². The molecule has 1 aliphatic heterocycles. The SMILES string of the molecule is CCOc1ccc(C(=O)N2CCN(c3ccc(-c4ccccc4OCC)nc3CN(CCCOCCOCCOCCOCCNC(=O)OC(C)(C)C)S(=O)(=O)c3ccccc3[N+](=O)[O-])[C@H](CC)C2)c(C(F)(F)F)c1. The molecule has 1 aliphatic rings. The van der Waals surface area contributed by atoms with Crippen LogP contribution >= 0.6 is 0 Å². The Balaban J connectivity index is 1.31. The molecule has 412 valence electrons. The number of ether oxygens (including phenoxy) is 7. The Labute approximate surface area is 436 Å². The number of benzene rings is 3. The van der Waals surface area contributed by atoms with Crippen molar-refractivity contribution in [2.75, 3.05) is 104 Å². The number of alkyl carbamates (subject to hydrolysis) is 1. The Morgan fingerprint density at radius 2 is 1.47 bits per heavy atom. The molecule has 19 nitrogen and oxygen atoms in total. The molecule has 1 saturated heterocycles. The predicted molar refractivity (Wildman–Crippen MR) is 274 cm³/mol. The number of nitro groups is 1. The highest BCUT2D eigenvalue weighted by Crippen LogP contribution is 2.38. The van der Waals surface area contributed by atoms with Crippen LogP contribution in [-0.2, 0) is 46.4 Å². The van der Waals surface area contributed by atoms with Crippen LogP contribution in [0.25, 0.3) is 11.3 Å². The molecule has 1 atom stereocenters. The number of nitro benzene ring substituents is 1. The number of rotatable bonds is 29. The summed E-state index contributed by atoms with van der Waals surface area (Å²) in [6.07, 6.45) is -4.75. The van der Waals surface area contributed by atoms with E-state index in [0.717, 1.165) is 22.5 Å². The number of carbonyl (C=O) groups is 2. The smallest absolute Gasteiger partial charge is 0.417 e. The van der Waals surface area contributed by atoms with E-state index in [1.807, 2.05) is 36.9 Å². The number of anilines is 1. The van der Waals surface area contributed by atoms with E-state index in [1.165, 1.54) is 29.2 Å². The molecule has 0 unspecified atom stereocenters. The van der Waals surface area contributed by atoms with Crippen LogP contribution in [0.5, 0.6) is 11.5 Å². The van der Waals surface area contributed by atoms with Crippen molar-refractivity contribution >= 4 is 33.4 Å². The van der Waals surface area contributed by atoms with Gasteiger partial charge in [0.1, 0.15) is 17.1 Å². The number of aromatic nitrogens is 1. The maximum Gasteiger partial charge on any atom is 0.417 e. The van der Waals surface area contributed by atoms with Gasteiger partial charge in [-0.2, -0.15) is 17.5 Å². The molecule has 0 bridgehead atoms. The zero-order valence-corrected chi connectivity index (χ0v) is 44.2. The second-order valence-electron chi connectivity index (χ2n) is 18.0. The summed E-state index contributed by atoms with van der Waals surface area (Å²) >= 11 is 0. The number of halogens is 3. The topological polar surface area (TPSA) is 211 Å². The molecule has 2 amide bonds. The van der Waals surface area contributed by atoms with Crippen molar-refractivity contribution in [3.63, 3.8) is 0 Å². The van der Waals surface area contributed by atoms with E-state index in [0.29, 0.717) is 55.5 Å². The lowest BCUT2D eigenvalue weighted by Gasteiger charge is -2.43. The van der Waals surface area contributed by atoms with Crippen LogP contribution in [-0.4, -0.2) is 150 Å². The molecule has 1 fully saturated rings. The number of para-hydroxylation sites is 2. The second kappa shape index (κ2) is 28.7. The van der Waals surface area contributed by atoms with Gasteiger partial charge in [-0.05, 0) is 96.0 Å². The maximum atomic E-state index is 14.7. The van der Waals surface area contributed by atoms with Crippen LogP contribution in [0.1, 0.15) is 76.0 Å². The summed E-state index contributed by atoms with van der Waals surface area (Å²) in [7, 11) is -4.61. The molecule has 75 heavy (non-hydrogen) atoms. The summed E-state index contributed by atoms with van der Waals surface area (Å²) in [5.41, 5.74) is -0.957. The lowest BCUT2D eigenvalue weighted by Crippen LogP contribution is -2.55. The third kappa shape index (κ3) is 17.7. The van der Waals surface area contributed by atoms with Gasteiger partial charge in [-0.15, -0.1) is 0 Å². The average Bonchev–Trinajstić information content (AvgIpc) is 3.37. The van der Waals surface area contributed by atoms with E-state index < -0.39 is 66.5 Å². The summed E-state index contributed by atoms with van der Waals surface area (Å²) in [4.78, 5) is 45.1. The third-order valence-corrected chi connectivity index (χ3v) is 13.4. The Morgan fingerprint density at radius 3 is 2.11 bits per heavy atom. The third-order valence-electron chi connectivity index (χ3n) is 11.5. The summed E-state index contributed by atoms with van der Waals surface area (Å²) in [5, 5.41) is 14.8. The fourth-order valence-corrected chi connectivity index (χ4v) is 9.72. The molecule has 0 radical (unpaired) electrons. The van der Waals surface area contributed by atoms with Gasteiger partial charge in [0.15, 0.2) is 4.90 Å². The minimum atomic E-state index is -4.83. The van der Waals surface area contributed by atoms with Crippen molar-refractivity contribution in [2.45, 2.75) is 83.6 Å². The van der Waals surface area contributed by atoms with Crippen LogP contribution in [0.4, 0.5) is 29.3 Å². The van der Waals surface area contributed by atoms with Gasteiger partial charge < -0.3 is 48.3 Å². The molecule has 0 spiro atoms. The van der Waals surface area contributed by atoms with Gasteiger partial charge in [0.2, 0.25) is 10.0 Å². The molecule has 0 saturated carbocycles. The standard InChI is InChI=1S/C52H69F3N6O13S/c1-7-38-36-58(49(62)40-20-19-39(72-8-2)35-42(40)52(53,54)55)25-26-60(38)45-22-21-43(41-15-10-12-17-47(41)73-9-3)57-44(45)37-59(75(66,67)48-18-13-11-16-46(48)61(64)65)24-14-27-68-29-31-70-33-34-71-32-30-69-28-23-56-50(63)74-51(4,5)6/h10-13,15-22,35,38H,7-9,14,23-34,36-37H2,1-6H3,(H,56,63)/t38-/m1/s1. The van der Waals surface area contributed by atoms with Gasteiger partial charge in [-0.3, -0.25) is 14.9 Å². The first-order valence-corrected chi connectivity index (χ1v) is 26.4. The minimum Gasteiger partial charge on any atom is -0.494 e. The first-order valence-electron chi connectivity index (χ1n) is 24.9. The van der Waals surface area contributed by atoms with Crippen molar-refractivity contribution in [1.82, 2.24) is 19.5 Å². The van der Waals surface area contributed by atoms with E-state index in [-0.39, 0.29) is 96.8 Å². The molecule has 2 heterocycles. The Kier molecular flexibility index (Phi) is 22.9. The molecule has 5 rings (SSSR count). The van der Waals surface area contributed by atoms with Crippen molar-refractivity contribution in [3.8, 4) is 22.8 Å². The summed E-state index contributed by atoms with van der Waals surface area (Å²) in [6.45, 7) is 13.2. The molecule has 0 aliphatic carbocycles. The number of nitrogens with one attached hydrogen (secondary N) is 1. The number of nitrogens with zero attached hydrogens (tertiary/aromatic N) is 5. The van der Waals surface area contributed by atoms with Gasteiger partial charge in [0.05, 0.1) is 99.1 Å². The second-order valence-corrected chi connectivity index (χ2v) is 19.9. The van der Waals surface area contributed by atoms with Crippen molar-refractivity contribution in [2.24, 2.45) is 0 Å². The molecule has 3 aromatic carbocycles. The number of amides is 2. The summed E-state index contributed by atoms with van der Waals surface area (Å²) in [5.74, 6) is -0.276. The molecular weight excluding hydrogens is 1010 g/mol. The molecular formula is C52H69F3N6O13S. The molecule has 23 heteroatoms. The van der Waals surface area contributed by atoms with Gasteiger partial charge in [0.25, 0.3) is 11.6 Å². The average molecular weight is 1080 g/mol. The zero-order valence-electron chi connectivity index (χ0n) is 43.4. The molecule has 4 aromatic rings. The van der Waals surface area contributed by atoms with Crippen molar-refractivity contribution < 1.29 is 69.3 Å². The van der Waals surface area contributed by atoms with Gasteiger partial charge in [-0.25, -0.2) is 18.2 Å². The number of hydrogen-bond donors (Lipinski definition) is 1.